The first-order valence-corrected chi connectivity index (χ1v) is 15.8. The molecule has 44 heavy (non-hydrogen) atoms. The fourth-order valence-electron chi connectivity index (χ4n) is 7.75. The summed E-state index contributed by atoms with van der Waals surface area (Å²) in [7, 11) is 0. The number of aliphatic hydroxyl groups is 1. The number of aliphatic hydroxyl groups excluding tert-OH is 1. The van der Waals surface area contributed by atoms with Gasteiger partial charge in [-0.1, -0.05) is 74.0 Å². The number of hydrogen-bond donors (Lipinski definition) is 1. The second-order valence-electron chi connectivity index (χ2n) is 12.5. The smallest absolute Gasteiger partial charge is 0.248 e. The van der Waals surface area contributed by atoms with Crippen LogP contribution in [0.4, 0.5) is 5.69 Å². The van der Waals surface area contributed by atoms with E-state index in [-0.39, 0.29) is 30.9 Å². The van der Waals surface area contributed by atoms with Gasteiger partial charge in [0.25, 0.3) is 0 Å². The van der Waals surface area contributed by atoms with Gasteiger partial charge in [-0.25, -0.2) is 0 Å². The highest BCUT2D eigenvalue weighted by molar-refractivity contribution is 6.03. The Morgan fingerprint density at radius 1 is 1.05 bits per heavy atom. The maximum absolute atomic E-state index is 14.8. The zero-order chi connectivity index (χ0) is 31.5. The van der Waals surface area contributed by atoms with Gasteiger partial charge in [0.05, 0.1) is 30.1 Å². The van der Waals surface area contributed by atoms with E-state index < -0.39 is 35.1 Å². The number of unbranched alkanes of at least 4 members (excludes halogenated alkanes) is 1. The third kappa shape index (κ3) is 5.39. The van der Waals surface area contributed by atoms with Crippen molar-refractivity contribution in [1.29, 1.82) is 0 Å². The molecule has 2 bridgehead atoms. The number of carbonyl (C=O) groups excluding carboxylic acids is 3. The number of nitrogens with zero attached hydrogens (tertiary/aromatic N) is 3. The van der Waals surface area contributed by atoms with Crippen LogP contribution in [-0.2, 0) is 25.5 Å². The molecule has 2 aromatic carbocycles. The third-order valence-electron chi connectivity index (χ3n) is 9.72. The van der Waals surface area contributed by atoms with E-state index in [1.54, 1.807) is 26.9 Å². The standard InChI is InChI=1S/C36H45N3O5/c1-5-8-23-37(21-6-2)34(43)31-36-20-19-35(4,44-36)29(32(41)38(22-7-3)27-17-13-10-14-18-27)30(36)33(42)39(31)28(25-40)24-26-15-11-9-12-16-26/h6-7,9-18,28-31,40H,2-3,5,8,19-25H2,1,4H3/t28-,29-,30+,31?,35+,36?/m1/s1. The van der Waals surface area contributed by atoms with Crippen molar-refractivity contribution in [3.05, 3.63) is 91.5 Å². The van der Waals surface area contributed by atoms with Gasteiger partial charge in [-0.05, 0) is 50.3 Å². The molecule has 6 atom stereocenters. The highest BCUT2D eigenvalue weighted by Gasteiger charge is 2.78. The Hall–Kier alpha value is -3.75. The van der Waals surface area contributed by atoms with Crippen molar-refractivity contribution in [2.24, 2.45) is 11.8 Å². The first kappa shape index (κ1) is 31.7. The minimum atomic E-state index is -1.18. The van der Waals surface area contributed by atoms with Gasteiger partial charge in [0.1, 0.15) is 11.6 Å². The largest absolute Gasteiger partial charge is 0.394 e. The van der Waals surface area contributed by atoms with E-state index in [1.807, 2.05) is 67.6 Å². The fraction of sp³-hybridized carbons (Fsp3) is 0.472. The number of likely N-dealkylation sites (tertiary alicyclic amines) is 1. The highest BCUT2D eigenvalue weighted by Crippen LogP contribution is 2.64. The zero-order valence-corrected chi connectivity index (χ0v) is 25.9. The lowest BCUT2D eigenvalue weighted by molar-refractivity contribution is -0.154. The SMILES string of the molecule is C=CCN(CCCC)C(=O)C1N([C@@H](CO)Cc2ccccc2)C(=O)[C@@H]2[C@H](C(=O)N(CC=C)c3ccccc3)[C@]3(C)CCC12O3. The van der Waals surface area contributed by atoms with Crippen LogP contribution in [0.15, 0.2) is 86.0 Å². The van der Waals surface area contributed by atoms with Crippen LogP contribution in [0.5, 0.6) is 0 Å². The van der Waals surface area contributed by atoms with Gasteiger partial charge in [-0.3, -0.25) is 14.4 Å². The first-order valence-electron chi connectivity index (χ1n) is 15.8. The average Bonchev–Trinajstić information content (AvgIpc) is 3.61. The molecule has 3 aliphatic heterocycles. The van der Waals surface area contributed by atoms with Crippen molar-refractivity contribution in [1.82, 2.24) is 9.80 Å². The number of benzene rings is 2. The molecule has 3 amide bonds. The molecule has 2 aromatic rings. The van der Waals surface area contributed by atoms with Crippen LogP contribution in [0.25, 0.3) is 0 Å². The molecule has 3 aliphatic rings. The Balaban J connectivity index is 1.61. The number of amides is 3. The summed E-state index contributed by atoms with van der Waals surface area (Å²) in [5.41, 5.74) is -0.450. The van der Waals surface area contributed by atoms with Crippen LogP contribution < -0.4 is 4.90 Å². The van der Waals surface area contributed by atoms with Crippen molar-refractivity contribution < 1.29 is 24.2 Å². The molecule has 3 heterocycles. The third-order valence-corrected chi connectivity index (χ3v) is 9.72. The number of anilines is 1. The van der Waals surface area contributed by atoms with Crippen LogP contribution in [-0.4, -0.2) is 82.2 Å². The van der Waals surface area contributed by atoms with Gasteiger partial charge in [0.2, 0.25) is 17.7 Å². The van der Waals surface area contributed by atoms with Crippen molar-refractivity contribution in [3.8, 4) is 0 Å². The quantitative estimate of drug-likeness (QED) is 0.326. The summed E-state index contributed by atoms with van der Waals surface area (Å²) < 4.78 is 6.89. The number of fused-ring (bicyclic) bond motifs is 1. The second kappa shape index (κ2) is 13.1. The number of hydrogen-bond acceptors (Lipinski definition) is 5. The summed E-state index contributed by atoms with van der Waals surface area (Å²) in [5.74, 6) is -2.40. The Kier molecular flexibility index (Phi) is 9.42. The Morgan fingerprint density at radius 2 is 1.70 bits per heavy atom. The summed E-state index contributed by atoms with van der Waals surface area (Å²) in [4.78, 5) is 49.0. The van der Waals surface area contributed by atoms with Crippen molar-refractivity contribution in [3.63, 3.8) is 0 Å². The van der Waals surface area contributed by atoms with E-state index in [2.05, 4.69) is 20.1 Å². The lowest BCUT2D eigenvalue weighted by atomic mass is 9.66. The van der Waals surface area contributed by atoms with Crippen molar-refractivity contribution in [2.75, 3.05) is 31.1 Å². The van der Waals surface area contributed by atoms with E-state index in [0.29, 0.717) is 38.0 Å². The van der Waals surface area contributed by atoms with Crippen LogP contribution in [0.1, 0.15) is 45.1 Å². The van der Waals surface area contributed by atoms with Crippen molar-refractivity contribution >= 4 is 23.4 Å². The average molecular weight is 600 g/mol. The Labute approximate surface area is 261 Å². The van der Waals surface area contributed by atoms with E-state index in [4.69, 9.17) is 4.74 Å². The predicted octanol–water partition coefficient (Wildman–Crippen LogP) is 4.39. The molecule has 5 rings (SSSR count). The molecule has 8 nitrogen and oxygen atoms in total. The highest BCUT2D eigenvalue weighted by atomic mass is 16.5. The van der Waals surface area contributed by atoms with Gasteiger partial charge in [0.15, 0.2) is 0 Å². The fourth-order valence-corrected chi connectivity index (χ4v) is 7.75. The molecule has 3 saturated heterocycles. The van der Waals surface area contributed by atoms with Gasteiger partial charge in [-0.2, -0.15) is 0 Å². The summed E-state index contributed by atoms with van der Waals surface area (Å²) in [6.45, 7) is 12.5. The summed E-state index contributed by atoms with van der Waals surface area (Å²) in [5, 5.41) is 10.7. The lowest BCUT2D eigenvalue weighted by Gasteiger charge is -2.39. The number of rotatable bonds is 14. The Bertz CT molecular complexity index is 1370. The normalized spacial score (nSPS) is 27.6. The Morgan fingerprint density at radius 3 is 2.32 bits per heavy atom. The molecule has 234 valence electrons. The molecule has 1 spiro atoms. The molecule has 8 heteroatoms. The van der Waals surface area contributed by atoms with E-state index in [9.17, 15) is 19.5 Å². The monoisotopic (exact) mass is 599 g/mol. The molecule has 0 aromatic heterocycles. The maximum atomic E-state index is 14.8. The van der Waals surface area contributed by atoms with Gasteiger partial charge < -0.3 is 24.5 Å². The molecule has 0 aliphatic carbocycles. The molecule has 2 unspecified atom stereocenters. The number of carbonyl (C=O) groups is 3. The number of para-hydroxylation sites is 1. The van der Waals surface area contributed by atoms with E-state index >= 15 is 0 Å². The molecule has 0 saturated carbocycles. The van der Waals surface area contributed by atoms with Gasteiger partial charge >= 0.3 is 0 Å². The minimum absolute atomic E-state index is 0.218. The molecule has 0 radical (unpaired) electrons. The summed E-state index contributed by atoms with van der Waals surface area (Å²) in [6.07, 6.45) is 6.47. The van der Waals surface area contributed by atoms with Crippen LogP contribution in [0, 0.1) is 11.8 Å². The van der Waals surface area contributed by atoms with Gasteiger partial charge in [0, 0.05) is 25.3 Å². The van der Waals surface area contributed by atoms with Gasteiger partial charge in [-0.15, -0.1) is 13.2 Å². The summed E-state index contributed by atoms with van der Waals surface area (Å²) >= 11 is 0. The zero-order valence-electron chi connectivity index (χ0n) is 25.9. The van der Waals surface area contributed by atoms with Crippen molar-refractivity contribution in [2.45, 2.75) is 69.2 Å². The maximum Gasteiger partial charge on any atom is 0.248 e. The molecular formula is C36H45N3O5. The second-order valence-corrected chi connectivity index (χ2v) is 12.5. The van der Waals surface area contributed by atoms with Crippen LogP contribution in [0.2, 0.25) is 0 Å². The minimum Gasteiger partial charge on any atom is -0.394 e. The number of ether oxygens (including phenoxy) is 1. The molecule has 1 N–H and O–H groups in total. The summed E-state index contributed by atoms with van der Waals surface area (Å²) in [6, 6.07) is 17.4. The molecular weight excluding hydrogens is 554 g/mol. The predicted molar refractivity (Wildman–Crippen MR) is 171 cm³/mol. The topological polar surface area (TPSA) is 90.4 Å². The van der Waals surface area contributed by atoms with E-state index in [1.165, 1.54) is 0 Å². The molecule has 3 fully saturated rings. The van der Waals surface area contributed by atoms with Crippen LogP contribution >= 0.6 is 0 Å². The van der Waals surface area contributed by atoms with Crippen LogP contribution in [0.3, 0.4) is 0 Å². The van der Waals surface area contributed by atoms with E-state index in [0.717, 1.165) is 18.4 Å². The lowest BCUT2D eigenvalue weighted by Crippen LogP contribution is -2.59. The first-order chi connectivity index (χ1) is 21.3.